The Labute approximate surface area is 193 Å². The van der Waals surface area contributed by atoms with Gasteiger partial charge in [0.15, 0.2) is 0 Å². The second kappa shape index (κ2) is 10.8. The van der Waals surface area contributed by atoms with Gasteiger partial charge < -0.3 is 20.5 Å². The Hall–Kier alpha value is -3.61. The number of para-hydroxylation sites is 1. The number of benzene rings is 2. The Kier molecular flexibility index (Phi) is 7.40. The zero-order valence-corrected chi connectivity index (χ0v) is 18.7. The fraction of sp³-hybridized carbons (Fsp3) is 0.346. The lowest BCUT2D eigenvalue weighted by Gasteiger charge is -2.32. The van der Waals surface area contributed by atoms with E-state index in [0.717, 1.165) is 42.1 Å². The van der Waals surface area contributed by atoms with E-state index in [4.69, 9.17) is 0 Å². The molecule has 1 saturated heterocycles. The quantitative estimate of drug-likeness (QED) is 0.572. The molecule has 7 nitrogen and oxygen atoms in total. The van der Waals surface area contributed by atoms with Gasteiger partial charge in [-0.3, -0.25) is 14.4 Å². The first-order valence-electron chi connectivity index (χ1n) is 11.6. The van der Waals surface area contributed by atoms with Crippen LogP contribution in [-0.2, 0) is 9.59 Å². The van der Waals surface area contributed by atoms with Gasteiger partial charge in [0.25, 0.3) is 5.91 Å². The highest BCUT2D eigenvalue weighted by Gasteiger charge is 2.28. The third kappa shape index (κ3) is 5.80. The number of rotatable bonds is 4. The van der Waals surface area contributed by atoms with Crippen LogP contribution in [0.1, 0.15) is 54.2 Å². The van der Waals surface area contributed by atoms with E-state index >= 15 is 0 Å². The lowest BCUT2D eigenvalue weighted by molar-refractivity contribution is -0.134. The van der Waals surface area contributed by atoms with Crippen molar-refractivity contribution in [1.29, 1.82) is 0 Å². The molecule has 1 unspecified atom stereocenters. The van der Waals surface area contributed by atoms with E-state index in [0.29, 0.717) is 18.8 Å². The molecular weight excluding hydrogens is 416 g/mol. The largest absolute Gasteiger partial charge is 0.356 e. The minimum absolute atomic E-state index is 0.0642. The topological polar surface area (TPSA) is 94.3 Å². The second-order valence-corrected chi connectivity index (χ2v) is 8.43. The van der Waals surface area contributed by atoms with Crippen LogP contribution in [0.15, 0.2) is 60.7 Å². The molecule has 33 heavy (non-hydrogen) atoms. The van der Waals surface area contributed by atoms with Crippen LogP contribution in [0.3, 0.4) is 0 Å². The van der Waals surface area contributed by atoms with E-state index < -0.39 is 0 Å². The highest BCUT2D eigenvalue weighted by atomic mass is 16.2. The lowest BCUT2D eigenvalue weighted by atomic mass is 10.0. The summed E-state index contributed by atoms with van der Waals surface area (Å²) in [5.74, 6) is -0.586. The number of hydrogen-bond donors (Lipinski definition) is 3. The van der Waals surface area contributed by atoms with Gasteiger partial charge in [0.2, 0.25) is 11.8 Å². The van der Waals surface area contributed by atoms with Crippen LogP contribution in [0.5, 0.6) is 0 Å². The van der Waals surface area contributed by atoms with Crippen molar-refractivity contribution in [2.45, 2.75) is 38.1 Å². The van der Waals surface area contributed by atoms with E-state index in [-0.39, 0.29) is 36.7 Å². The van der Waals surface area contributed by atoms with Crippen LogP contribution in [0.2, 0.25) is 0 Å². The molecule has 2 aromatic carbocycles. The summed E-state index contributed by atoms with van der Waals surface area (Å²) in [4.78, 5) is 43.4. The average Bonchev–Trinajstić information content (AvgIpc) is 3.26. The van der Waals surface area contributed by atoms with Gasteiger partial charge in [0.1, 0.15) is 5.69 Å². The number of hydrogen-bond acceptors (Lipinski definition) is 3. The van der Waals surface area contributed by atoms with Crippen molar-refractivity contribution < 1.29 is 14.4 Å². The maximum absolute atomic E-state index is 13.3. The number of aromatic nitrogens is 1. The van der Waals surface area contributed by atoms with Crippen molar-refractivity contribution >= 4 is 28.6 Å². The van der Waals surface area contributed by atoms with Crippen molar-refractivity contribution in [3.63, 3.8) is 0 Å². The van der Waals surface area contributed by atoms with Crippen LogP contribution < -0.4 is 10.6 Å². The molecule has 0 radical (unpaired) electrons. The maximum Gasteiger partial charge on any atom is 0.268 e. The molecule has 0 spiro atoms. The third-order valence-corrected chi connectivity index (χ3v) is 6.08. The molecule has 3 amide bonds. The van der Waals surface area contributed by atoms with E-state index in [2.05, 4.69) is 15.6 Å². The van der Waals surface area contributed by atoms with Crippen LogP contribution in [0, 0.1) is 0 Å². The van der Waals surface area contributed by atoms with Crippen molar-refractivity contribution in [1.82, 2.24) is 20.5 Å². The molecule has 172 valence electrons. The zero-order chi connectivity index (χ0) is 23.0. The van der Waals surface area contributed by atoms with Gasteiger partial charge in [-0.25, -0.2) is 0 Å². The fourth-order valence-corrected chi connectivity index (χ4v) is 4.32. The Morgan fingerprint density at radius 3 is 2.55 bits per heavy atom. The van der Waals surface area contributed by atoms with Gasteiger partial charge in [0, 0.05) is 24.0 Å². The number of aromatic amines is 1. The predicted molar refractivity (Wildman–Crippen MR) is 128 cm³/mol. The summed E-state index contributed by atoms with van der Waals surface area (Å²) in [5.41, 5.74) is 2.21. The number of carbonyl (C=O) groups is 3. The number of nitrogens with zero attached hydrogens (tertiary/aromatic N) is 1. The number of carbonyl (C=O) groups excluding carboxylic acids is 3. The summed E-state index contributed by atoms with van der Waals surface area (Å²) >= 11 is 0. The van der Waals surface area contributed by atoms with Crippen LogP contribution in [0.25, 0.3) is 10.9 Å². The summed E-state index contributed by atoms with van der Waals surface area (Å²) < 4.78 is 0. The Bertz CT molecular complexity index is 1080. The highest BCUT2D eigenvalue weighted by molar-refractivity contribution is 5.99. The molecule has 1 aliphatic heterocycles. The lowest BCUT2D eigenvalue weighted by Crippen LogP contribution is -2.44. The maximum atomic E-state index is 13.3. The molecule has 2 heterocycles. The van der Waals surface area contributed by atoms with Gasteiger partial charge in [-0.2, -0.15) is 0 Å². The van der Waals surface area contributed by atoms with E-state index in [1.165, 1.54) is 0 Å². The first-order chi connectivity index (χ1) is 16.1. The Morgan fingerprint density at radius 1 is 0.970 bits per heavy atom. The first kappa shape index (κ1) is 22.6. The number of nitrogens with one attached hydrogen (secondary N) is 3. The molecule has 0 bridgehead atoms. The SMILES string of the molecule is O=C1CC(c2ccccc2)N(C(=O)CNC(=O)c2cc3ccccc3[nH]2)CCCCCCN1. The highest BCUT2D eigenvalue weighted by Crippen LogP contribution is 2.26. The van der Waals surface area contributed by atoms with Crippen LogP contribution in [-0.4, -0.2) is 47.2 Å². The molecule has 3 aromatic rings. The molecular formula is C26H30N4O3. The normalized spacial score (nSPS) is 17.8. The van der Waals surface area contributed by atoms with E-state index in [9.17, 15) is 14.4 Å². The molecule has 1 atom stereocenters. The number of fused-ring (bicyclic) bond motifs is 1. The third-order valence-electron chi connectivity index (χ3n) is 6.08. The summed E-state index contributed by atoms with van der Waals surface area (Å²) in [5, 5.41) is 6.67. The fourth-order valence-electron chi connectivity index (χ4n) is 4.32. The number of amides is 3. The summed E-state index contributed by atoms with van der Waals surface area (Å²) in [7, 11) is 0. The molecule has 1 fully saturated rings. The minimum Gasteiger partial charge on any atom is -0.356 e. The molecule has 3 N–H and O–H groups in total. The van der Waals surface area contributed by atoms with Gasteiger partial charge in [0.05, 0.1) is 19.0 Å². The standard InChI is InChI=1S/C26H30N4O3/c31-24-17-23(19-10-4-3-5-11-19)30(15-9-2-1-8-14-27-24)25(32)18-28-26(33)22-16-20-12-6-7-13-21(20)29-22/h3-7,10-13,16,23,29H,1-2,8-9,14-15,17-18H2,(H,27,31)(H,28,33). The summed E-state index contributed by atoms with van der Waals surface area (Å²) in [6, 6.07) is 18.7. The number of H-pyrrole nitrogens is 1. The monoisotopic (exact) mass is 446 g/mol. The zero-order valence-electron chi connectivity index (χ0n) is 18.7. The van der Waals surface area contributed by atoms with Crippen molar-refractivity contribution in [3.8, 4) is 0 Å². The predicted octanol–water partition coefficient (Wildman–Crippen LogP) is 3.55. The van der Waals surface area contributed by atoms with E-state index in [1.54, 1.807) is 11.0 Å². The van der Waals surface area contributed by atoms with E-state index in [1.807, 2.05) is 54.6 Å². The van der Waals surface area contributed by atoms with Crippen molar-refractivity contribution in [2.75, 3.05) is 19.6 Å². The average molecular weight is 447 g/mol. The van der Waals surface area contributed by atoms with Crippen LogP contribution in [0.4, 0.5) is 0 Å². The Morgan fingerprint density at radius 2 is 1.73 bits per heavy atom. The smallest absolute Gasteiger partial charge is 0.268 e. The van der Waals surface area contributed by atoms with Crippen LogP contribution >= 0.6 is 0 Å². The molecule has 1 aromatic heterocycles. The molecule has 7 heteroatoms. The van der Waals surface area contributed by atoms with Gasteiger partial charge >= 0.3 is 0 Å². The Balaban J connectivity index is 1.50. The minimum atomic E-state index is -0.373. The first-order valence-corrected chi connectivity index (χ1v) is 11.6. The van der Waals surface area contributed by atoms with Crippen molar-refractivity contribution in [3.05, 3.63) is 71.9 Å². The second-order valence-electron chi connectivity index (χ2n) is 8.43. The molecule has 0 saturated carbocycles. The summed E-state index contributed by atoms with van der Waals surface area (Å²) in [6.07, 6.45) is 4.00. The molecule has 0 aliphatic carbocycles. The molecule has 1 aliphatic rings. The van der Waals surface area contributed by atoms with Gasteiger partial charge in [-0.1, -0.05) is 61.4 Å². The van der Waals surface area contributed by atoms with Gasteiger partial charge in [-0.05, 0) is 30.5 Å². The molecule has 4 rings (SSSR count). The van der Waals surface area contributed by atoms with Crippen molar-refractivity contribution in [2.24, 2.45) is 0 Å². The summed E-state index contributed by atoms with van der Waals surface area (Å²) in [6.45, 7) is 1.09. The van der Waals surface area contributed by atoms with Gasteiger partial charge in [-0.15, -0.1) is 0 Å².